The molecule has 1 unspecified atom stereocenters. The molecule has 2 rings (SSSR count). The Bertz CT molecular complexity index is 432. The van der Waals surface area contributed by atoms with Crippen molar-refractivity contribution in [3.8, 4) is 6.07 Å². The topological polar surface area (TPSA) is 52.8 Å². The van der Waals surface area contributed by atoms with Gasteiger partial charge in [-0.15, -0.1) is 5.10 Å². The average Bonchev–Trinajstić information content (AvgIpc) is 2.40. The summed E-state index contributed by atoms with van der Waals surface area (Å²) in [6, 6.07) is 6.72. The first-order valence-electron chi connectivity index (χ1n) is 7.17. The number of hydrogen-bond donors (Lipinski definition) is 0. The maximum absolute atomic E-state index is 8.91. The maximum Gasteiger partial charge on any atom is 0.151 e. The normalized spacial score (nSPS) is 19.5. The van der Waals surface area contributed by atoms with Gasteiger partial charge >= 0.3 is 0 Å². The molecule has 1 aromatic heterocycles. The Morgan fingerprint density at radius 3 is 2.84 bits per heavy atom. The summed E-state index contributed by atoms with van der Waals surface area (Å²) >= 11 is 0. The summed E-state index contributed by atoms with van der Waals surface area (Å²) in [7, 11) is 0. The largest absolute Gasteiger partial charge is 0.351 e. The van der Waals surface area contributed by atoms with Crippen LogP contribution in [0.2, 0.25) is 0 Å². The van der Waals surface area contributed by atoms with Gasteiger partial charge in [0.1, 0.15) is 0 Å². The Morgan fingerprint density at radius 2 is 2.21 bits per heavy atom. The fraction of sp³-hybridized carbons (Fsp3) is 0.667. The zero-order valence-corrected chi connectivity index (χ0v) is 11.8. The molecule has 4 heteroatoms. The lowest BCUT2D eigenvalue weighted by molar-refractivity contribution is 0.459. The Kier molecular flexibility index (Phi) is 4.73. The quantitative estimate of drug-likeness (QED) is 0.833. The highest BCUT2D eigenvalue weighted by atomic mass is 15.3. The van der Waals surface area contributed by atoms with Crippen LogP contribution in [0.1, 0.15) is 45.2 Å². The van der Waals surface area contributed by atoms with Gasteiger partial charge in [-0.2, -0.15) is 10.4 Å². The zero-order valence-electron chi connectivity index (χ0n) is 11.8. The van der Waals surface area contributed by atoms with Crippen LogP contribution in [-0.2, 0) is 6.42 Å². The number of anilines is 1. The predicted molar refractivity (Wildman–Crippen MR) is 75.8 cm³/mol. The minimum atomic E-state index is 0.309. The first kappa shape index (κ1) is 13.8. The second-order valence-corrected chi connectivity index (χ2v) is 5.69. The molecule has 0 spiro atoms. The SMILES string of the molecule is CC(C)Cc1ccc(N2CCCCC2CC#N)nn1. The van der Waals surface area contributed by atoms with Crippen molar-refractivity contribution in [1.82, 2.24) is 10.2 Å². The fourth-order valence-electron chi connectivity index (χ4n) is 2.65. The fourth-order valence-corrected chi connectivity index (χ4v) is 2.65. The second-order valence-electron chi connectivity index (χ2n) is 5.69. The van der Waals surface area contributed by atoms with Gasteiger partial charge < -0.3 is 4.90 Å². The van der Waals surface area contributed by atoms with E-state index in [4.69, 9.17) is 5.26 Å². The van der Waals surface area contributed by atoms with Crippen molar-refractivity contribution in [3.05, 3.63) is 17.8 Å². The van der Waals surface area contributed by atoms with E-state index in [1.165, 1.54) is 12.8 Å². The monoisotopic (exact) mass is 258 g/mol. The first-order valence-corrected chi connectivity index (χ1v) is 7.17. The molecule has 0 N–H and O–H groups in total. The third-order valence-corrected chi connectivity index (χ3v) is 3.57. The highest BCUT2D eigenvalue weighted by Gasteiger charge is 2.23. The number of hydrogen-bond acceptors (Lipinski definition) is 4. The van der Waals surface area contributed by atoms with Crippen LogP contribution in [-0.4, -0.2) is 22.8 Å². The van der Waals surface area contributed by atoms with Crippen LogP contribution in [0.5, 0.6) is 0 Å². The number of rotatable bonds is 4. The zero-order chi connectivity index (χ0) is 13.7. The molecule has 1 aromatic rings. The molecule has 102 valence electrons. The molecule has 19 heavy (non-hydrogen) atoms. The summed E-state index contributed by atoms with van der Waals surface area (Å²) in [4.78, 5) is 2.25. The van der Waals surface area contributed by atoms with Crippen LogP contribution in [0.25, 0.3) is 0 Å². The number of nitrogens with zero attached hydrogens (tertiary/aromatic N) is 4. The summed E-state index contributed by atoms with van der Waals surface area (Å²) in [6.45, 7) is 5.36. The van der Waals surface area contributed by atoms with Crippen molar-refractivity contribution in [2.75, 3.05) is 11.4 Å². The summed E-state index contributed by atoms with van der Waals surface area (Å²) in [5.74, 6) is 1.52. The Morgan fingerprint density at radius 1 is 1.37 bits per heavy atom. The van der Waals surface area contributed by atoms with E-state index < -0.39 is 0 Å². The van der Waals surface area contributed by atoms with Crippen molar-refractivity contribution in [2.24, 2.45) is 5.92 Å². The standard InChI is InChI=1S/C15H22N4/c1-12(2)11-13-6-7-15(18-17-13)19-10-4-3-5-14(19)8-9-16/h6-7,12,14H,3-5,8,10-11H2,1-2H3. The molecule has 4 nitrogen and oxygen atoms in total. The molecule has 0 amide bonds. The molecule has 0 radical (unpaired) electrons. The molecular weight excluding hydrogens is 236 g/mol. The van der Waals surface area contributed by atoms with Crippen molar-refractivity contribution in [2.45, 2.75) is 52.0 Å². The third-order valence-electron chi connectivity index (χ3n) is 3.57. The van der Waals surface area contributed by atoms with E-state index in [0.717, 1.165) is 30.9 Å². The molecule has 1 aliphatic heterocycles. The van der Waals surface area contributed by atoms with Gasteiger partial charge in [-0.05, 0) is 43.7 Å². The van der Waals surface area contributed by atoms with Crippen molar-refractivity contribution in [1.29, 1.82) is 5.26 Å². The lowest BCUT2D eigenvalue weighted by Crippen LogP contribution is -2.40. The molecule has 0 aliphatic carbocycles. The van der Waals surface area contributed by atoms with Crippen LogP contribution < -0.4 is 4.90 Å². The second kappa shape index (κ2) is 6.51. The minimum absolute atomic E-state index is 0.309. The van der Waals surface area contributed by atoms with Crippen LogP contribution in [0.15, 0.2) is 12.1 Å². The summed E-state index contributed by atoms with van der Waals surface area (Å²) in [5, 5.41) is 17.6. The van der Waals surface area contributed by atoms with E-state index in [1.807, 2.05) is 0 Å². The van der Waals surface area contributed by atoms with Gasteiger partial charge in [-0.25, -0.2) is 0 Å². The lowest BCUT2D eigenvalue weighted by atomic mass is 10.00. The highest BCUT2D eigenvalue weighted by molar-refractivity contribution is 5.39. The van der Waals surface area contributed by atoms with E-state index in [9.17, 15) is 0 Å². The first-order chi connectivity index (χ1) is 9.20. The van der Waals surface area contributed by atoms with Crippen LogP contribution in [0, 0.1) is 17.2 Å². The van der Waals surface area contributed by atoms with Gasteiger partial charge in [-0.1, -0.05) is 13.8 Å². The maximum atomic E-state index is 8.91. The Labute approximate surface area is 115 Å². The van der Waals surface area contributed by atoms with E-state index in [-0.39, 0.29) is 0 Å². The van der Waals surface area contributed by atoms with Gasteiger partial charge in [0.2, 0.25) is 0 Å². The molecular formula is C15H22N4. The van der Waals surface area contributed by atoms with Gasteiger partial charge in [0, 0.05) is 12.6 Å². The third kappa shape index (κ3) is 3.66. The van der Waals surface area contributed by atoms with Gasteiger partial charge in [0.15, 0.2) is 5.82 Å². The van der Waals surface area contributed by atoms with E-state index in [2.05, 4.69) is 47.1 Å². The molecule has 0 aromatic carbocycles. The van der Waals surface area contributed by atoms with Crippen LogP contribution >= 0.6 is 0 Å². The van der Waals surface area contributed by atoms with Crippen molar-refractivity contribution < 1.29 is 0 Å². The van der Waals surface area contributed by atoms with E-state index >= 15 is 0 Å². The van der Waals surface area contributed by atoms with Gasteiger partial charge in [-0.3, -0.25) is 0 Å². The summed E-state index contributed by atoms with van der Waals surface area (Å²) < 4.78 is 0. The lowest BCUT2D eigenvalue weighted by Gasteiger charge is -2.35. The van der Waals surface area contributed by atoms with Crippen molar-refractivity contribution >= 4 is 5.82 Å². The van der Waals surface area contributed by atoms with Crippen LogP contribution in [0.3, 0.4) is 0 Å². The predicted octanol–water partition coefficient (Wildman–Crippen LogP) is 2.95. The Balaban J connectivity index is 2.09. The van der Waals surface area contributed by atoms with Gasteiger partial charge in [0.25, 0.3) is 0 Å². The van der Waals surface area contributed by atoms with E-state index in [0.29, 0.717) is 18.4 Å². The van der Waals surface area contributed by atoms with Crippen molar-refractivity contribution in [3.63, 3.8) is 0 Å². The molecule has 1 atom stereocenters. The molecule has 1 saturated heterocycles. The Hall–Kier alpha value is -1.63. The number of piperidine rings is 1. The summed E-state index contributed by atoms with van der Waals surface area (Å²) in [6.07, 6.45) is 5.02. The number of aromatic nitrogens is 2. The molecule has 1 fully saturated rings. The molecule has 1 aliphatic rings. The summed E-state index contributed by atoms with van der Waals surface area (Å²) in [5.41, 5.74) is 1.05. The molecule has 2 heterocycles. The smallest absolute Gasteiger partial charge is 0.151 e. The highest BCUT2D eigenvalue weighted by Crippen LogP contribution is 2.24. The molecule has 0 bridgehead atoms. The van der Waals surface area contributed by atoms with E-state index in [1.54, 1.807) is 0 Å². The van der Waals surface area contributed by atoms with Gasteiger partial charge in [0.05, 0.1) is 18.2 Å². The average molecular weight is 258 g/mol. The molecule has 0 saturated carbocycles. The number of nitriles is 1. The minimum Gasteiger partial charge on any atom is -0.351 e. The van der Waals surface area contributed by atoms with Crippen LogP contribution in [0.4, 0.5) is 5.82 Å².